The zero-order valence-electron chi connectivity index (χ0n) is 62.3. The quantitative estimate of drug-likeness (QED) is 0.0323. The Balaban J connectivity index is 0.973. The van der Waals surface area contributed by atoms with E-state index < -0.39 is 172 Å². The molecule has 0 spiro atoms. The Hall–Kier alpha value is -13.4. The van der Waals surface area contributed by atoms with Gasteiger partial charge < -0.3 is 81.5 Å². The fraction of sp³-hybridized carbons (Fsp3) is 0.222. The molecule has 0 unspecified atom stereocenters. The summed E-state index contributed by atoms with van der Waals surface area (Å²) >= 11 is 0. The van der Waals surface area contributed by atoms with E-state index in [1.165, 1.54) is 146 Å². The molecule has 0 radical (unpaired) electrons. The first kappa shape index (κ1) is 81.6. The number of carbonyl (C=O) groups is 10. The van der Waals surface area contributed by atoms with E-state index in [0.29, 0.717) is 0 Å². The van der Waals surface area contributed by atoms with Crippen molar-refractivity contribution in [3.05, 3.63) is 359 Å². The Morgan fingerprint density at radius 2 is 0.419 bits per heavy atom. The largest absolute Gasteiger partial charge is 0.459 e. The first-order valence-corrected chi connectivity index (χ1v) is 37.2. The molecule has 27 heteroatoms. The van der Waals surface area contributed by atoms with Gasteiger partial charge in [-0.25, -0.2) is 47.9 Å². The van der Waals surface area contributed by atoms with Gasteiger partial charge in [0.05, 0.1) is 68.8 Å². The summed E-state index contributed by atoms with van der Waals surface area (Å²) < 4.78 is 105. The molecule has 0 amide bonds. The Bertz CT molecular complexity index is 4970. The van der Waals surface area contributed by atoms with Crippen LogP contribution in [-0.4, -0.2) is 185 Å². The van der Waals surface area contributed by atoms with E-state index >= 15 is 14.4 Å². The van der Waals surface area contributed by atoms with Crippen molar-refractivity contribution in [3.63, 3.8) is 0 Å². The molecule has 10 aromatic rings. The molecule has 15 atom stereocenters. The van der Waals surface area contributed by atoms with E-state index in [9.17, 15) is 33.6 Å². The van der Waals surface area contributed by atoms with Crippen LogP contribution in [0.3, 0.4) is 0 Å². The van der Waals surface area contributed by atoms with Crippen molar-refractivity contribution in [3.8, 4) is 0 Å². The van der Waals surface area contributed by atoms with Gasteiger partial charge in [-0.15, -0.1) is 0 Å². The molecule has 27 nitrogen and oxygen atoms in total. The average Bonchev–Trinajstić information content (AvgIpc) is 0.761. The SMILES string of the molecule is NCCO[C@H]1O[C@H](CO[C@H]2O[C@H](COC(=O)c3ccccc3)[C@@H](OC(=O)c3ccccc3)[C@H](OC(=O)c3ccccc3)[C@@H]2OC(=O)c2ccccc2)[C@@H](OC(=O)c2ccccc2)[C@H](O[C@H]2O[C@H](COC(=O)c3ccccc3)[C@@H](OC(=O)c3ccccc3)[C@H](OC(=O)c3ccccc3)[C@@H]2OC(=O)c2ccccc2)[C@@H]1OC(=O)c1ccccc1. The van der Waals surface area contributed by atoms with Crippen LogP contribution in [0, 0.1) is 0 Å². The second kappa shape index (κ2) is 40.1. The zero-order valence-corrected chi connectivity index (χ0v) is 62.3. The molecule has 3 aliphatic rings. The molecule has 0 bridgehead atoms. The molecule has 0 aliphatic carbocycles. The van der Waals surface area contributed by atoms with Crippen molar-refractivity contribution in [2.75, 3.05) is 33.0 Å². The lowest BCUT2D eigenvalue weighted by molar-refractivity contribution is -0.362. The lowest BCUT2D eigenvalue weighted by Crippen LogP contribution is -2.68. The lowest BCUT2D eigenvalue weighted by atomic mass is 9.95. The summed E-state index contributed by atoms with van der Waals surface area (Å²) in [6.07, 6.45) is -30.0. The van der Waals surface area contributed by atoms with Gasteiger partial charge in [0.15, 0.2) is 67.7 Å². The number of benzene rings is 10. The fourth-order valence-corrected chi connectivity index (χ4v) is 12.9. The molecular weight excluding hydrogens is 1510 g/mol. The van der Waals surface area contributed by atoms with Crippen LogP contribution < -0.4 is 5.73 Å². The summed E-state index contributed by atoms with van der Waals surface area (Å²) in [5.74, 6) is -10.3. The molecule has 0 aromatic heterocycles. The highest BCUT2D eigenvalue weighted by Crippen LogP contribution is 2.39. The maximum Gasteiger partial charge on any atom is 0.338 e. The van der Waals surface area contributed by atoms with Gasteiger partial charge in [-0.1, -0.05) is 182 Å². The van der Waals surface area contributed by atoms with Crippen LogP contribution in [0.15, 0.2) is 303 Å². The summed E-state index contributed by atoms with van der Waals surface area (Å²) in [6, 6.07) is 76.2. The number of ether oxygens (including phenoxy) is 16. The van der Waals surface area contributed by atoms with E-state index in [1.54, 1.807) is 158 Å². The van der Waals surface area contributed by atoms with E-state index in [1.807, 2.05) is 0 Å². The first-order chi connectivity index (χ1) is 57.1. The number of hydrogen-bond donors (Lipinski definition) is 1. The van der Waals surface area contributed by atoms with Crippen LogP contribution in [0.1, 0.15) is 104 Å². The Kier molecular flexibility index (Phi) is 28.0. The van der Waals surface area contributed by atoms with Crippen molar-refractivity contribution in [1.82, 2.24) is 0 Å². The van der Waals surface area contributed by atoms with E-state index in [-0.39, 0.29) is 68.8 Å². The molecule has 598 valence electrons. The molecular formula is C90H77NO26. The summed E-state index contributed by atoms with van der Waals surface area (Å²) in [5.41, 5.74) is 5.94. The van der Waals surface area contributed by atoms with Gasteiger partial charge in [0, 0.05) is 6.54 Å². The minimum absolute atomic E-state index is 0.000286. The predicted molar refractivity (Wildman–Crippen MR) is 410 cm³/mol. The summed E-state index contributed by atoms with van der Waals surface area (Å²) in [5, 5.41) is 0. The third-order valence-electron chi connectivity index (χ3n) is 18.7. The molecule has 2 N–H and O–H groups in total. The van der Waals surface area contributed by atoms with Gasteiger partial charge in [-0.2, -0.15) is 0 Å². The Labute approximate surface area is 670 Å². The van der Waals surface area contributed by atoms with Crippen molar-refractivity contribution in [2.45, 2.75) is 92.1 Å². The molecule has 117 heavy (non-hydrogen) atoms. The van der Waals surface area contributed by atoms with Gasteiger partial charge >= 0.3 is 59.7 Å². The van der Waals surface area contributed by atoms with Crippen LogP contribution in [0.2, 0.25) is 0 Å². The second-order valence-electron chi connectivity index (χ2n) is 26.5. The summed E-state index contributed by atoms with van der Waals surface area (Å²) in [6.45, 7) is -3.24. The van der Waals surface area contributed by atoms with Crippen LogP contribution >= 0.6 is 0 Å². The second-order valence-corrected chi connectivity index (χ2v) is 26.5. The highest BCUT2D eigenvalue weighted by molar-refractivity contribution is 5.94. The third kappa shape index (κ3) is 21.2. The van der Waals surface area contributed by atoms with Crippen LogP contribution in [-0.2, 0) is 75.8 Å². The number of nitrogens with two attached hydrogens (primary N) is 1. The Morgan fingerprint density at radius 3 is 0.684 bits per heavy atom. The predicted octanol–water partition coefficient (Wildman–Crippen LogP) is 11.1. The molecule has 0 saturated carbocycles. The number of esters is 10. The monoisotopic (exact) mass is 1590 g/mol. The van der Waals surface area contributed by atoms with Crippen LogP contribution in [0.4, 0.5) is 0 Å². The molecule has 3 aliphatic heterocycles. The Morgan fingerprint density at radius 1 is 0.222 bits per heavy atom. The molecule has 3 fully saturated rings. The van der Waals surface area contributed by atoms with Gasteiger partial charge in [0.25, 0.3) is 0 Å². The zero-order chi connectivity index (χ0) is 81.4. The van der Waals surface area contributed by atoms with E-state index in [0.717, 1.165) is 0 Å². The van der Waals surface area contributed by atoms with Crippen molar-refractivity contribution in [2.24, 2.45) is 5.73 Å². The van der Waals surface area contributed by atoms with Gasteiger partial charge in [0.1, 0.15) is 37.6 Å². The fourth-order valence-electron chi connectivity index (χ4n) is 12.9. The lowest BCUT2D eigenvalue weighted by Gasteiger charge is -2.49. The van der Waals surface area contributed by atoms with Gasteiger partial charge in [0.2, 0.25) is 0 Å². The van der Waals surface area contributed by atoms with Crippen molar-refractivity contribution in [1.29, 1.82) is 0 Å². The minimum atomic E-state index is -2.27. The smallest absolute Gasteiger partial charge is 0.338 e. The van der Waals surface area contributed by atoms with Crippen LogP contribution in [0.25, 0.3) is 0 Å². The molecule has 3 heterocycles. The number of carbonyl (C=O) groups excluding carboxylic acids is 10. The van der Waals surface area contributed by atoms with E-state index in [2.05, 4.69) is 0 Å². The van der Waals surface area contributed by atoms with Gasteiger partial charge in [-0.05, 0) is 121 Å². The highest BCUT2D eigenvalue weighted by atomic mass is 16.8. The van der Waals surface area contributed by atoms with Crippen molar-refractivity contribution >= 4 is 59.7 Å². The first-order valence-electron chi connectivity index (χ1n) is 37.2. The summed E-state index contributed by atoms with van der Waals surface area (Å²) in [7, 11) is 0. The molecule has 3 saturated heterocycles. The van der Waals surface area contributed by atoms with Gasteiger partial charge in [-0.3, -0.25) is 0 Å². The number of rotatable bonds is 30. The topological polar surface area (TPSA) is 344 Å². The third-order valence-corrected chi connectivity index (χ3v) is 18.7. The summed E-state index contributed by atoms with van der Waals surface area (Å²) in [4.78, 5) is 148. The molecule has 13 rings (SSSR count). The normalized spacial score (nSPS) is 22.7. The van der Waals surface area contributed by atoms with Crippen molar-refractivity contribution < 1.29 is 124 Å². The highest BCUT2D eigenvalue weighted by Gasteiger charge is 2.60. The number of hydrogen-bond acceptors (Lipinski definition) is 27. The maximum absolute atomic E-state index is 15.3. The average molecular weight is 1590 g/mol. The van der Waals surface area contributed by atoms with Crippen LogP contribution in [0.5, 0.6) is 0 Å². The standard InChI is InChI=1S/C90H77NO26/c91-51-52-102-88-76(115-86(100)64-47-27-9-28-48-64)74(117-90-77(116-87(101)65-49-29-10-30-50-65)73(113-84(98)62-43-23-7-24-44-62)70(110-81(95)59-37-17-4-18-38-59)67(108-90)54-104-79(93)57-33-13-2-14-34-57)71(111-82(96)60-39-19-5-20-40-60)68(106-88)55-105-89-75(114-85(99)63-45-25-8-26-46-63)72(112-83(97)61-41-21-6-22-42-61)69(109-80(94)58-35-15-3-16-36-58)66(107-89)53-103-78(92)56-31-11-1-12-32-56/h1-50,66-77,88-90H,51-55,91H2/t66-,67-,68-,69-,70-,71-,72+,73+,74+,75+,76+,77+,88+,89+,90-/m1/s1. The minimum Gasteiger partial charge on any atom is -0.459 e. The molecule has 10 aromatic carbocycles. The van der Waals surface area contributed by atoms with E-state index in [4.69, 9.17) is 81.5 Å². The maximum atomic E-state index is 15.3.